The summed E-state index contributed by atoms with van der Waals surface area (Å²) >= 11 is 0. The lowest BCUT2D eigenvalue weighted by Crippen LogP contribution is -2.44. The zero-order chi connectivity index (χ0) is 30.5. The molecule has 228 valence electrons. The highest BCUT2D eigenvalue weighted by Gasteiger charge is 2.72. The average molecular weight is 581 g/mol. The molecule has 2 heterocycles. The second kappa shape index (κ2) is 11.9. The molecule has 2 aliphatic heterocycles. The van der Waals surface area contributed by atoms with Crippen LogP contribution in [-0.2, 0) is 32.0 Å². The second-order valence-electron chi connectivity index (χ2n) is 14.5. The lowest BCUT2D eigenvalue weighted by atomic mass is 9.67. The number of ether oxygens (including phenoxy) is 1. The monoisotopic (exact) mass is 580 g/mol. The van der Waals surface area contributed by atoms with Crippen LogP contribution in [0.1, 0.15) is 75.1 Å². The summed E-state index contributed by atoms with van der Waals surface area (Å²) in [6, 6.07) is 16.6. The Balaban J connectivity index is 1.31. The Morgan fingerprint density at radius 3 is 2.42 bits per heavy atom. The number of aryl methyl sites for hydroxylation is 3. The molecule has 2 aromatic rings. The molecular weight excluding hydrogens is 532 g/mol. The standard InChI is InChI=1S/C39H48O4/c1-23-18-24(2)20-29(19-23)21-32(41)36-34(26(4)14-15-28-11-7-6-8-12-28)38(42)37-35(33-16-17-39(36,37)43-33)31(40)22-30-13-9-10-25(3)27(30)5/h6-8,11-12,16-20,25-27,30,33-37H,9-10,13-15,21-22H2,1-5H3. The molecule has 4 heteroatoms. The summed E-state index contributed by atoms with van der Waals surface area (Å²) in [5.74, 6) is -0.319. The first-order valence-electron chi connectivity index (χ1n) is 16.7. The van der Waals surface area contributed by atoms with E-state index in [2.05, 4.69) is 65.0 Å². The van der Waals surface area contributed by atoms with Gasteiger partial charge in [-0.05, 0) is 67.9 Å². The fourth-order valence-electron chi connectivity index (χ4n) is 9.33. The Kier molecular flexibility index (Phi) is 8.37. The quantitative estimate of drug-likeness (QED) is 0.274. The van der Waals surface area contributed by atoms with Gasteiger partial charge in [0.15, 0.2) is 0 Å². The molecule has 0 radical (unpaired) electrons. The average Bonchev–Trinajstić information content (AvgIpc) is 3.61. The van der Waals surface area contributed by atoms with Crippen molar-refractivity contribution in [3.8, 4) is 0 Å². The topological polar surface area (TPSA) is 60.4 Å². The highest BCUT2D eigenvalue weighted by Crippen LogP contribution is 2.61. The van der Waals surface area contributed by atoms with E-state index in [0.29, 0.717) is 24.2 Å². The maximum atomic E-state index is 14.6. The summed E-state index contributed by atoms with van der Waals surface area (Å²) in [7, 11) is 0. The van der Waals surface area contributed by atoms with E-state index in [-0.39, 0.29) is 29.7 Å². The molecule has 0 amide bonds. The van der Waals surface area contributed by atoms with Crippen LogP contribution >= 0.6 is 0 Å². The number of Topliss-reactive ketones (excluding diaryl/α,β-unsaturated/α-hetero) is 3. The molecule has 10 atom stereocenters. The lowest BCUT2D eigenvalue weighted by Gasteiger charge is -2.35. The van der Waals surface area contributed by atoms with Gasteiger partial charge in [0.05, 0.1) is 23.9 Å². The van der Waals surface area contributed by atoms with Crippen LogP contribution in [0, 0.1) is 61.2 Å². The van der Waals surface area contributed by atoms with E-state index in [9.17, 15) is 14.4 Å². The highest BCUT2D eigenvalue weighted by molar-refractivity contribution is 6.02. The van der Waals surface area contributed by atoms with E-state index in [1.165, 1.54) is 12.0 Å². The number of rotatable bonds is 10. The summed E-state index contributed by atoms with van der Waals surface area (Å²) in [5.41, 5.74) is 3.47. The minimum absolute atomic E-state index is 0.00750. The van der Waals surface area contributed by atoms with Gasteiger partial charge in [0.1, 0.15) is 23.0 Å². The fourth-order valence-corrected chi connectivity index (χ4v) is 9.33. The number of benzene rings is 2. The number of carbonyl (C=O) groups is 3. The SMILES string of the molecule is Cc1cc(C)cc(CC(=O)C2C(C(C)CCc3ccccc3)C(=O)C3C(C(=O)CC4CCCC(C)C4C)C4C=CC23O4)c1. The van der Waals surface area contributed by atoms with Gasteiger partial charge in [-0.2, -0.15) is 0 Å². The van der Waals surface area contributed by atoms with E-state index in [4.69, 9.17) is 4.74 Å². The first-order valence-corrected chi connectivity index (χ1v) is 16.7. The Morgan fingerprint density at radius 1 is 0.977 bits per heavy atom. The maximum absolute atomic E-state index is 14.6. The van der Waals surface area contributed by atoms with Crippen molar-refractivity contribution in [1.82, 2.24) is 0 Å². The summed E-state index contributed by atoms with van der Waals surface area (Å²) in [6.07, 6.45) is 9.49. The van der Waals surface area contributed by atoms with Crippen LogP contribution in [0.15, 0.2) is 60.7 Å². The van der Waals surface area contributed by atoms with Crippen LogP contribution in [0.4, 0.5) is 0 Å². The van der Waals surface area contributed by atoms with Crippen molar-refractivity contribution in [1.29, 1.82) is 0 Å². The van der Waals surface area contributed by atoms with Crippen molar-refractivity contribution in [3.05, 3.63) is 82.9 Å². The molecule has 0 aromatic heterocycles. The van der Waals surface area contributed by atoms with Gasteiger partial charge in [0.2, 0.25) is 0 Å². The molecule has 1 spiro atoms. The molecule has 2 aromatic carbocycles. The number of carbonyl (C=O) groups excluding carboxylic acids is 3. The van der Waals surface area contributed by atoms with Crippen molar-refractivity contribution in [2.24, 2.45) is 47.3 Å². The van der Waals surface area contributed by atoms with E-state index in [1.54, 1.807) is 0 Å². The molecule has 1 saturated heterocycles. The highest BCUT2D eigenvalue weighted by atomic mass is 16.5. The molecule has 4 nitrogen and oxygen atoms in total. The van der Waals surface area contributed by atoms with Gasteiger partial charge in [-0.15, -0.1) is 0 Å². The van der Waals surface area contributed by atoms with Gasteiger partial charge in [-0.1, -0.05) is 105 Å². The molecule has 3 fully saturated rings. The lowest BCUT2D eigenvalue weighted by molar-refractivity contribution is -0.136. The Bertz CT molecular complexity index is 1390. The van der Waals surface area contributed by atoms with Crippen molar-refractivity contribution in [3.63, 3.8) is 0 Å². The largest absolute Gasteiger partial charge is 0.361 e. The molecular formula is C39H48O4. The molecule has 6 rings (SSSR count). The van der Waals surface area contributed by atoms with E-state index in [0.717, 1.165) is 42.4 Å². The van der Waals surface area contributed by atoms with E-state index >= 15 is 0 Å². The minimum atomic E-state index is -1.00. The minimum Gasteiger partial charge on any atom is -0.361 e. The summed E-state index contributed by atoms with van der Waals surface area (Å²) < 4.78 is 6.71. The number of hydrogen-bond acceptors (Lipinski definition) is 4. The third kappa shape index (κ3) is 5.50. The number of fused-ring (bicyclic) bond motifs is 1. The Hall–Kier alpha value is -2.85. The van der Waals surface area contributed by atoms with E-state index in [1.807, 2.05) is 30.4 Å². The summed E-state index contributed by atoms with van der Waals surface area (Å²) in [4.78, 5) is 43.1. The molecule has 2 saturated carbocycles. The fraction of sp³-hybridized carbons (Fsp3) is 0.564. The van der Waals surface area contributed by atoms with Gasteiger partial charge < -0.3 is 4.74 Å². The normalized spacial score (nSPS) is 35.2. The molecule has 0 N–H and O–H groups in total. The molecule has 4 aliphatic rings. The van der Waals surface area contributed by atoms with Crippen LogP contribution in [0.2, 0.25) is 0 Å². The van der Waals surface area contributed by atoms with Crippen LogP contribution in [0.3, 0.4) is 0 Å². The van der Waals surface area contributed by atoms with Crippen molar-refractivity contribution >= 4 is 17.3 Å². The van der Waals surface area contributed by atoms with Gasteiger partial charge >= 0.3 is 0 Å². The smallest absolute Gasteiger partial charge is 0.144 e. The molecule has 43 heavy (non-hydrogen) atoms. The zero-order valence-electron chi connectivity index (χ0n) is 26.6. The van der Waals surface area contributed by atoms with Gasteiger partial charge in [-0.25, -0.2) is 0 Å². The van der Waals surface area contributed by atoms with Gasteiger partial charge in [0, 0.05) is 18.8 Å². The Labute approximate surface area is 257 Å². The Morgan fingerprint density at radius 2 is 1.70 bits per heavy atom. The van der Waals surface area contributed by atoms with Gasteiger partial charge in [0.25, 0.3) is 0 Å². The van der Waals surface area contributed by atoms with Crippen molar-refractivity contribution in [2.75, 3.05) is 0 Å². The molecule has 2 aliphatic carbocycles. The predicted molar refractivity (Wildman–Crippen MR) is 170 cm³/mol. The molecule has 10 unspecified atom stereocenters. The van der Waals surface area contributed by atoms with Crippen molar-refractivity contribution in [2.45, 2.75) is 91.3 Å². The van der Waals surface area contributed by atoms with Crippen LogP contribution in [0.25, 0.3) is 0 Å². The number of hydrogen-bond donors (Lipinski definition) is 0. The maximum Gasteiger partial charge on any atom is 0.144 e. The molecule has 2 bridgehead atoms. The summed E-state index contributed by atoms with van der Waals surface area (Å²) in [6.45, 7) is 10.8. The predicted octanol–water partition coefficient (Wildman–Crippen LogP) is 7.47. The van der Waals surface area contributed by atoms with Crippen LogP contribution in [0.5, 0.6) is 0 Å². The zero-order valence-corrected chi connectivity index (χ0v) is 26.6. The third-order valence-electron chi connectivity index (χ3n) is 11.6. The van der Waals surface area contributed by atoms with Crippen molar-refractivity contribution < 1.29 is 19.1 Å². The van der Waals surface area contributed by atoms with E-state index < -0.39 is 35.4 Å². The first kappa shape index (κ1) is 30.2. The van der Waals surface area contributed by atoms with Crippen LogP contribution in [-0.4, -0.2) is 29.1 Å². The number of ketones is 3. The first-order chi connectivity index (χ1) is 20.6. The third-order valence-corrected chi connectivity index (χ3v) is 11.6. The second-order valence-corrected chi connectivity index (χ2v) is 14.5. The van der Waals surface area contributed by atoms with Gasteiger partial charge in [-0.3, -0.25) is 14.4 Å². The summed E-state index contributed by atoms with van der Waals surface area (Å²) in [5, 5.41) is 0. The van der Waals surface area contributed by atoms with Crippen LogP contribution < -0.4 is 0 Å².